The third-order valence-corrected chi connectivity index (χ3v) is 4.91. The van der Waals surface area contributed by atoms with E-state index in [1.807, 2.05) is 0 Å². The standard InChI is InChI=1S/C17H29N5/c1-4-20-8-10-21(11-9-20)17-18-15(3)12-16(19-17)22-7-5-6-14(2)13-22/h12,14H,4-11,13H2,1-3H3. The van der Waals surface area contributed by atoms with E-state index >= 15 is 0 Å². The lowest BCUT2D eigenvalue weighted by molar-refractivity contribution is 0.270. The molecule has 1 atom stereocenters. The highest BCUT2D eigenvalue weighted by molar-refractivity contribution is 5.46. The van der Waals surface area contributed by atoms with Crippen LogP contribution in [0.1, 0.15) is 32.4 Å². The first-order valence-corrected chi connectivity index (χ1v) is 8.73. The monoisotopic (exact) mass is 303 g/mol. The van der Waals surface area contributed by atoms with E-state index in [2.05, 4.69) is 41.5 Å². The van der Waals surface area contributed by atoms with Crippen LogP contribution < -0.4 is 9.80 Å². The maximum Gasteiger partial charge on any atom is 0.227 e. The normalized spacial score (nSPS) is 23.9. The molecule has 0 N–H and O–H groups in total. The van der Waals surface area contributed by atoms with Gasteiger partial charge in [-0.3, -0.25) is 0 Å². The van der Waals surface area contributed by atoms with Crippen LogP contribution >= 0.6 is 0 Å². The number of hydrogen-bond acceptors (Lipinski definition) is 5. The summed E-state index contributed by atoms with van der Waals surface area (Å²) in [5.41, 5.74) is 1.08. The van der Waals surface area contributed by atoms with Gasteiger partial charge in [-0.1, -0.05) is 13.8 Å². The summed E-state index contributed by atoms with van der Waals surface area (Å²) in [5, 5.41) is 0. The Kier molecular flexibility index (Phi) is 4.81. The Morgan fingerprint density at radius 3 is 2.55 bits per heavy atom. The molecule has 0 radical (unpaired) electrons. The van der Waals surface area contributed by atoms with E-state index in [0.29, 0.717) is 0 Å². The van der Waals surface area contributed by atoms with Crippen molar-refractivity contribution in [1.29, 1.82) is 0 Å². The molecule has 0 amide bonds. The molecule has 2 saturated heterocycles. The second kappa shape index (κ2) is 6.82. The van der Waals surface area contributed by atoms with Gasteiger partial charge < -0.3 is 14.7 Å². The number of aromatic nitrogens is 2. The van der Waals surface area contributed by atoms with Crippen molar-refractivity contribution in [2.24, 2.45) is 5.92 Å². The number of piperidine rings is 1. The van der Waals surface area contributed by atoms with Crippen LogP contribution in [-0.2, 0) is 0 Å². The minimum atomic E-state index is 0.764. The van der Waals surface area contributed by atoms with Crippen molar-refractivity contribution in [3.05, 3.63) is 11.8 Å². The maximum absolute atomic E-state index is 4.89. The highest BCUT2D eigenvalue weighted by Crippen LogP contribution is 2.24. The van der Waals surface area contributed by atoms with Gasteiger partial charge >= 0.3 is 0 Å². The van der Waals surface area contributed by atoms with Crippen LogP contribution in [0.3, 0.4) is 0 Å². The summed E-state index contributed by atoms with van der Waals surface area (Å²) < 4.78 is 0. The van der Waals surface area contributed by atoms with Crippen LogP contribution in [0.2, 0.25) is 0 Å². The molecule has 0 bridgehead atoms. The number of piperazine rings is 1. The zero-order chi connectivity index (χ0) is 15.5. The van der Waals surface area contributed by atoms with Gasteiger partial charge in [-0.25, -0.2) is 4.98 Å². The van der Waals surface area contributed by atoms with E-state index in [1.54, 1.807) is 0 Å². The predicted molar refractivity (Wildman–Crippen MR) is 91.7 cm³/mol. The van der Waals surface area contributed by atoms with E-state index in [1.165, 1.54) is 12.8 Å². The number of anilines is 2. The average molecular weight is 303 g/mol. The lowest BCUT2D eigenvalue weighted by Gasteiger charge is -2.35. The van der Waals surface area contributed by atoms with Crippen molar-refractivity contribution in [3.8, 4) is 0 Å². The molecular formula is C17H29N5. The molecule has 5 heteroatoms. The topological polar surface area (TPSA) is 35.5 Å². The fourth-order valence-corrected chi connectivity index (χ4v) is 3.50. The summed E-state index contributed by atoms with van der Waals surface area (Å²) in [7, 11) is 0. The van der Waals surface area contributed by atoms with Crippen LogP contribution in [-0.4, -0.2) is 60.7 Å². The van der Waals surface area contributed by atoms with Crippen LogP contribution in [0.4, 0.5) is 11.8 Å². The molecule has 2 aliphatic rings. The molecule has 122 valence electrons. The van der Waals surface area contributed by atoms with Crippen LogP contribution in [0.5, 0.6) is 0 Å². The largest absolute Gasteiger partial charge is 0.356 e. The molecule has 3 heterocycles. The third kappa shape index (κ3) is 3.51. The first-order chi connectivity index (χ1) is 10.7. The van der Waals surface area contributed by atoms with Crippen LogP contribution in [0.15, 0.2) is 6.07 Å². The highest BCUT2D eigenvalue weighted by Gasteiger charge is 2.22. The summed E-state index contributed by atoms with van der Waals surface area (Å²) in [6.07, 6.45) is 2.61. The fourth-order valence-electron chi connectivity index (χ4n) is 3.50. The molecule has 0 saturated carbocycles. The Labute approximate surface area is 134 Å². The van der Waals surface area contributed by atoms with Crippen molar-refractivity contribution in [3.63, 3.8) is 0 Å². The molecule has 22 heavy (non-hydrogen) atoms. The van der Waals surface area contributed by atoms with Gasteiger partial charge in [0.25, 0.3) is 0 Å². The quantitative estimate of drug-likeness (QED) is 0.855. The summed E-state index contributed by atoms with van der Waals surface area (Å²) in [4.78, 5) is 16.8. The molecule has 1 aromatic heterocycles. The second-order valence-corrected chi connectivity index (χ2v) is 6.78. The van der Waals surface area contributed by atoms with Gasteiger partial charge in [0.2, 0.25) is 5.95 Å². The first kappa shape index (κ1) is 15.5. The highest BCUT2D eigenvalue weighted by atomic mass is 15.3. The first-order valence-electron chi connectivity index (χ1n) is 8.73. The van der Waals surface area contributed by atoms with Crippen molar-refractivity contribution < 1.29 is 0 Å². The number of rotatable bonds is 3. The zero-order valence-electron chi connectivity index (χ0n) is 14.3. The molecule has 1 aromatic rings. The van der Waals surface area contributed by atoms with Gasteiger partial charge in [-0.15, -0.1) is 0 Å². The average Bonchev–Trinajstić information content (AvgIpc) is 2.54. The molecule has 2 aliphatic heterocycles. The van der Waals surface area contributed by atoms with Gasteiger partial charge in [-0.05, 0) is 32.2 Å². The van der Waals surface area contributed by atoms with Crippen molar-refractivity contribution in [1.82, 2.24) is 14.9 Å². The van der Waals surface area contributed by atoms with Crippen LogP contribution in [0, 0.1) is 12.8 Å². The summed E-state index contributed by atoms with van der Waals surface area (Å²) >= 11 is 0. The summed E-state index contributed by atoms with van der Waals surface area (Å²) in [6, 6.07) is 2.14. The van der Waals surface area contributed by atoms with Crippen molar-refractivity contribution in [2.45, 2.75) is 33.6 Å². The Balaban J connectivity index is 1.75. The van der Waals surface area contributed by atoms with Gasteiger partial charge in [0.15, 0.2) is 0 Å². The van der Waals surface area contributed by atoms with E-state index in [9.17, 15) is 0 Å². The van der Waals surface area contributed by atoms with E-state index in [0.717, 1.165) is 69.2 Å². The molecule has 3 rings (SSSR count). The van der Waals surface area contributed by atoms with Gasteiger partial charge in [0.1, 0.15) is 5.82 Å². The molecule has 1 unspecified atom stereocenters. The van der Waals surface area contributed by atoms with E-state index < -0.39 is 0 Å². The van der Waals surface area contributed by atoms with E-state index in [4.69, 9.17) is 9.97 Å². The minimum Gasteiger partial charge on any atom is -0.356 e. The predicted octanol–water partition coefficient (Wildman–Crippen LogP) is 2.16. The maximum atomic E-state index is 4.89. The Bertz CT molecular complexity index is 496. The molecule has 0 spiro atoms. The lowest BCUT2D eigenvalue weighted by Crippen LogP contribution is -2.47. The summed E-state index contributed by atoms with van der Waals surface area (Å²) in [6.45, 7) is 14.3. The van der Waals surface area contributed by atoms with Crippen molar-refractivity contribution in [2.75, 3.05) is 55.6 Å². The Hall–Kier alpha value is -1.36. The molecule has 2 fully saturated rings. The van der Waals surface area contributed by atoms with E-state index in [-0.39, 0.29) is 0 Å². The zero-order valence-corrected chi connectivity index (χ0v) is 14.3. The molecule has 0 aromatic carbocycles. The molecular weight excluding hydrogens is 274 g/mol. The number of nitrogens with zero attached hydrogens (tertiary/aromatic N) is 5. The summed E-state index contributed by atoms with van der Waals surface area (Å²) in [5.74, 6) is 2.80. The second-order valence-electron chi connectivity index (χ2n) is 6.78. The molecule has 0 aliphatic carbocycles. The molecule has 5 nitrogen and oxygen atoms in total. The number of likely N-dealkylation sites (N-methyl/N-ethyl adjacent to an activating group) is 1. The minimum absolute atomic E-state index is 0.764. The van der Waals surface area contributed by atoms with Crippen molar-refractivity contribution >= 4 is 11.8 Å². The Morgan fingerprint density at radius 2 is 1.86 bits per heavy atom. The third-order valence-electron chi connectivity index (χ3n) is 4.91. The number of aryl methyl sites for hydroxylation is 1. The van der Waals surface area contributed by atoms with Gasteiger partial charge in [-0.2, -0.15) is 4.98 Å². The van der Waals surface area contributed by atoms with Gasteiger partial charge in [0.05, 0.1) is 0 Å². The Morgan fingerprint density at radius 1 is 1.09 bits per heavy atom. The number of hydrogen-bond donors (Lipinski definition) is 0. The fraction of sp³-hybridized carbons (Fsp3) is 0.765. The van der Waals surface area contributed by atoms with Gasteiger partial charge in [0, 0.05) is 51.0 Å². The van der Waals surface area contributed by atoms with Crippen LogP contribution in [0.25, 0.3) is 0 Å². The smallest absolute Gasteiger partial charge is 0.227 e. The SMILES string of the molecule is CCN1CCN(c2nc(C)cc(N3CCCC(C)C3)n2)CC1. The lowest BCUT2D eigenvalue weighted by atomic mass is 10.0.